The highest BCUT2D eigenvalue weighted by molar-refractivity contribution is 6.17. The maximum Gasteiger partial charge on any atom is 0.280 e. The number of nitrogens with zero attached hydrogens (tertiary/aromatic N) is 2. The minimum Gasteiger partial charge on any atom is -0.495 e. The van der Waals surface area contributed by atoms with E-state index in [1.165, 1.54) is 7.11 Å². The van der Waals surface area contributed by atoms with Crippen molar-refractivity contribution in [2.24, 2.45) is 0 Å². The van der Waals surface area contributed by atoms with Gasteiger partial charge in [-0.15, -0.1) is 11.6 Å². The molecule has 0 aliphatic carbocycles. The first-order valence-electron chi connectivity index (χ1n) is 3.96. The first kappa shape index (κ1) is 11.7. The highest BCUT2D eigenvalue weighted by Gasteiger charge is 2.17. The average Bonchev–Trinajstić information content (AvgIpc) is 2.26. The van der Waals surface area contributed by atoms with Crippen LogP contribution in [0.25, 0.3) is 0 Å². The van der Waals surface area contributed by atoms with Crippen LogP contribution in [0.15, 0.2) is 6.07 Å². The molecule has 0 aliphatic rings. The van der Waals surface area contributed by atoms with E-state index in [4.69, 9.17) is 21.6 Å². The van der Waals surface area contributed by atoms with Gasteiger partial charge in [-0.2, -0.15) is 5.26 Å². The second kappa shape index (κ2) is 4.89. The molecule has 0 saturated carbocycles. The maximum atomic E-state index is 12.4. The average molecular weight is 233 g/mol. The van der Waals surface area contributed by atoms with Gasteiger partial charge in [-0.3, -0.25) is 0 Å². The molecule has 1 heterocycles. The Kier molecular flexibility index (Phi) is 3.81. The SMILES string of the molecule is COc1cc(C(F)F)nc(CCl)c1C#N. The van der Waals surface area contributed by atoms with Crippen molar-refractivity contribution < 1.29 is 13.5 Å². The standard InChI is InChI=1S/C9H7ClF2N2O/c1-15-8-2-6(9(11)12)14-7(3-10)5(8)4-13/h2,9H,3H2,1H3. The van der Waals surface area contributed by atoms with E-state index in [0.717, 1.165) is 6.07 Å². The number of pyridine rings is 1. The van der Waals surface area contributed by atoms with E-state index in [-0.39, 0.29) is 22.9 Å². The molecule has 0 atom stereocenters. The molecular weight excluding hydrogens is 226 g/mol. The predicted octanol–water partition coefficient (Wildman–Crippen LogP) is 2.64. The molecule has 1 aromatic heterocycles. The number of rotatable bonds is 3. The van der Waals surface area contributed by atoms with Crippen LogP contribution in [0.1, 0.15) is 23.4 Å². The van der Waals surface area contributed by atoms with Crippen molar-refractivity contribution in [1.82, 2.24) is 4.98 Å². The van der Waals surface area contributed by atoms with E-state index in [2.05, 4.69) is 4.98 Å². The molecule has 0 amide bonds. The van der Waals surface area contributed by atoms with Gasteiger partial charge >= 0.3 is 0 Å². The van der Waals surface area contributed by atoms with Gasteiger partial charge in [-0.05, 0) is 0 Å². The molecule has 1 rings (SSSR count). The lowest BCUT2D eigenvalue weighted by Gasteiger charge is -2.08. The number of aromatic nitrogens is 1. The Bertz CT molecular complexity index is 379. The molecule has 80 valence electrons. The minimum absolute atomic E-state index is 0.0680. The van der Waals surface area contributed by atoms with Crippen LogP contribution >= 0.6 is 11.6 Å². The van der Waals surface area contributed by atoms with Crippen molar-refractivity contribution >= 4 is 11.6 Å². The molecule has 6 heteroatoms. The lowest BCUT2D eigenvalue weighted by atomic mass is 10.2. The van der Waals surface area contributed by atoms with E-state index < -0.39 is 12.1 Å². The van der Waals surface area contributed by atoms with Gasteiger partial charge < -0.3 is 4.74 Å². The van der Waals surface area contributed by atoms with E-state index in [1.807, 2.05) is 6.07 Å². The summed E-state index contributed by atoms with van der Waals surface area (Å²) in [6.07, 6.45) is -2.71. The van der Waals surface area contributed by atoms with Crippen molar-refractivity contribution in [2.45, 2.75) is 12.3 Å². The minimum atomic E-state index is -2.71. The Labute approximate surface area is 90.3 Å². The second-order valence-corrected chi connectivity index (χ2v) is 2.88. The van der Waals surface area contributed by atoms with E-state index >= 15 is 0 Å². The fourth-order valence-electron chi connectivity index (χ4n) is 1.08. The summed E-state index contributed by atoms with van der Waals surface area (Å²) >= 11 is 5.50. The molecule has 0 aliphatic heterocycles. The van der Waals surface area contributed by atoms with Crippen molar-refractivity contribution in [1.29, 1.82) is 5.26 Å². The molecule has 15 heavy (non-hydrogen) atoms. The molecule has 0 bridgehead atoms. The summed E-state index contributed by atoms with van der Waals surface area (Å²) in [7, 11) is 1.30. The lowest BCUT2D eigenvalue weighted by molar-refractivity contribution is 0.145. The molecule has 1 aromatic rings. The van der Waals surface area contributed by atoms with Crippen molar-refractivity contribution in [3.63, 3.8) is 0 Å². The molecule has 0 N–H and O–H groups in total. The van der Waals surface area contributed by atoms with Gasteiger partial charge in [-0.1, -0.05) is 0 Å². The van der Waals surface area contributed by atoms with Gasteiger partial charge in [0.05, 0.1) is 18.7 Å². The second-order valence-electron chi connectivity index (χ2n) is 2.62. The van der Waals surface area contributed by atoms with Crippen molar-refractivity contribution in [3.8, 4) is 11.8 Å². The first-order chi connectivity index (χ1) is 7.13. The Hall–Kier alpha value is -1.41. The third-order valence-corrected chi connectivity index (χ3v) is 2.01. The molecule has 0 fully saturated rings. The van der Waals surface area contributed by atoms with Crippen LogP contribution in [0.5, 0.6) is 5.75 Å². The first-order valence-corrected chi connectivity index (χ1v) is 4.49. The van der Waals surface area contributed by atoms with Crippen molar-refractivity contribution in [2.75, 3.05) is 7.11 Å². The quantitative estimate of drug-likeness (QED) is 0.753. The third-order valence-electron chi connectivity index (χ3n) is 1.76. The lowest BCUT2D eigenvalue weighted by Crippen LogP contribution is -2.01. The molecule has 0 unspecified atom stereocenters. The summed E-state index contributed by atoms with van der Waals surface area (Å²) in [4.78, 5) is 3.59. The van der Waals surface area contributed by atoms with E-state index in [0.29, 0.717) is 0 Å². The number of nitriles is 1. The normalized spacial score (nSPS) is 10.1. The Morgan fingerprint density at radius 3 is 2.73 bits per heavy atom. The Morgan fingerprint density at radius 2 is 2.33 bits per heavy atom. The number of hydrogen-bond acceptors (Lipinski definition) is 3. The fraction of sp³-hybridized carbons (Fsp3) is 0.333. The highest BCUT2D eigenvalue weighted by atomic mass is 35.5. The molecular formula is C9H7ClF2N2O. The summed E-state index contributed by atoms with van der Waals surface area (Å²) in [5.41, 5.74) is -0.243. The number of ether oxygens (including phenoxy) is 1. The molecule has 0 spiro atoms. The molecule has 0 aromatic carbocycles. The van der Waals surface area contributed by atoms with Crippen molar-refractivity contribution in [3.05, 3.63) is 23.0 Å². The fourth-order valence-corrected chi connectivity index (χ4v) is 1.28. The molecule has 0 saturated heterocycles. The van der Waals surface area contributed by atoms with E-state index in [1.54, 1.807) is 0 Å². The van der Waals surface area contributed by atoms with Crippen LogP contribution in [-0.4, -0.2) is 12.1 Å². The number of halogens is 3. The predicted molar refractivity (Wildman–Crippen MR) is 50.0 cm³/mol. The molecule has 0 radical (unpaired) electrons. The summed E-state index contributed by atoms with van der Waals surface area (Å²) < 4.78 is 29.6. The topological polar surface area (TPSA) is 45.9 Å². The van der Waals surface area contributed by atoms with Crippen LogP contribution in [-0.2, 0) is 5.88 Å². The summed E-state index contributed by atoms with van der Waals surface area (Å²) in [5.74, 6) is -0.0433. The van der Waals surface area contributed by atoms with Gasteiger partial charge in [0.1, 0.15) is 23.1 Å². The highest BCUT2D eigenvalue weighted by Crippen LogP contribution is 2.27. The third kappa shape index (κ3) is 2.34. The van der Waals surface area contributed by atoms with Gasteiger partial charge in [0.25, 0.3) is 6.43 Å². The van der Waals surface area contributed by atoms with Crippen LogP contribution in [0.3, 0.4) is 0 Å². The monoisotopic (exact) mass is 232 g/mol. The van der Waals surface area contributed by atoms with E-state index in [9.17, 15) is 8.78 Å². The zero-order chi connectivity index (χ0) is 11.4. The number of methoxy groups -OCH3 is 1. The number of alkyl halides is 3. The van der Waals surface area contributed by atoms with Crippen LogP contribution in [0.4, 0.5) is 8.78 Å². The van der Waals surface area contributed by atoms with Crippen LogP contribution in [0.2, 0.25) is 0 Å². The molecule has 3 nitrogen and oxygen atoms in total. The summed E-state index contributed by atoms with van der Waals surface area (Å²) in [6.45, 7) is 0. The van der Waals surface area contributed by atoms with Gasteiger partial charge in [0.15, 0.2) is 0 Å². The van der Waals surface area contributed by atoms with Gasteiger partial charge in [-0.25, -0.2) is 13.8 Å². The van der Waals surface area contributed by atoms with Gasteiger partial charge in [0.2, 0.25) is 0 Å². The Balaban J connectivity index is 3.37. The Morgan fingerprint density at radius 1 is 1.67 bits per heavy atom. The summed E-state index contributed by atoms with van der Waals surface area (Å²) in [5, 5.41) is 8.77. The van der Waals surface area contributed by atoms with Crippen LogP contribution < -0.4 is 4.74 Å². The van der Waals surface area contributed by atoms with Crippen LogP contribution in [0, 0.1) is 11.3 Å². The van der Waals surface area contributed by atoms with Gasteiger partial charge in [0, 0.05) is 6.07 Å². The number of hydrogen-bond donors (Lipinski definition) is 0. The zero-order valence-corrected chi connectivity index (χ0v) is 8.55. The smallest absolute Gasteiger partial charge is 0.280 e. The largest absolute Gasteiger partial charge is 0.495 e. The zero-order valence-electron chi connectivity index (χ0n) is 7.80. The summed E-state index contributed by atoms with van der Waals surface area (Å²) in [6, 6.07) is 2.86. The maximum absolute atomic E-state index is 12.4.